The number of rotatable bonds is 8. The number of aromatic amines is 1. The molecule has 3 aromatic carbocycles. The first-order valence-electron chi connectivity index (χ1n) is 11.8. The number of aryl methyl sites for hydroxylation is 1. The third-order valence-electron chi connectivity index (χ3n) is 6.02. The summed E-state index contributed by atoms with van der Waals surface area (Å²) in [5, 5.41) is 2.90. The molecule has 1 heterocycles. The molecular weight excluding hydrogens is 474 g/mol. The number of carbonyl (C=O) groups excluding carboxylic acids is 1. The van der Waals surface area contributed by atoms with Gasteiger partial charge in [-0.05, 0) is 60.7 Å². The number of sulfonamides is 1. The third-order valence-corrected chi connectivity index (χ3v) is 7.40. The Balaban J connectivity index is 1.54. The van der Waals surface area contributed by atoms with Crippen LogP contribution in [0.4, 0.5) is 5.69 Å². The van der Waals surface area contributed by atoms with Crippen LogP contribution < -0.4 is 15.5 Å². The summed E-state index contributed by atoms with van der Waals surface area (Å²) in [6.07, 6.45) is 1.99. The van der Waals surface area contributed by atoms with E-state index in [0.29, 0.717) is 30.1 Å². The SMILES string of the molecule is Cc1cccc(CCNC(=O)c2c[nH]c3ccc(S(=O)(=O)Nc4ccc(C(C)C)cc4)cc3c2=O)c1. The van der Waals surface area contributed by atoms with Crippen molar-refractivity contribution in [1.82, 2.24) is 10.3 Å². The fourth-order valence-electron chi connectivity index (χ4n) is 3.97. The minimum Gasteiger partial charge on any atom is -0.360 e. The molecule has 4 aromatic rings. The van der Waals surface area contributed by atoms with Crippen LogP contribution in [0, 0.1) is 6.92 Å². The Hall–Kier alpha value is -3.91. The maximum absolute atomic E-state index is 13.1. The maximum atomic E-state index is 13.1. The average molecular weight is 504 g/mol. The van der Waals surface area contributed by atoms with Crippen molar-refractivity contribution in [3.05, 3.63) is 105 Å². The van der Waals surface area contributed by atoms with Crippen molar-refractivity contribution in [1.29, 1.82) is 0 Å². The van der Waals surface area contributed by atoms with Crippen LogP contribution in [0.1, 0.15) is 46.8 Å². The molecule has 0 radical (unpaired) electrons. The van der Waals surface area contributed by atoms with Gasteiger partial charge in [-0.25, -0.2) is 8.42 Å². The van der Waals surface area contributed by atoms with Crippen LogP contribution in [0.3, 0.4) is 0 Å². The molecule has 0 saturated carbocycles. The van der Waals surface area contributed by atoms with E-state index in [2.05, 4.69) is 28.9 Å². The van der Waals surface area contributed by atoms with Crippen LogP contribution in [0.5, 0.6) is 0 Å². The average Bonchev–Trinajstić information content (AvgIpc) is 2.84. The minimum absolute atomic E-state index is 0.0644. The predicted octanol–water partition coefficient (Wildman–Crippen LogP) is 4.73. The largest absolute Gasteiger partial charge is 0.360 e. The normalized spacial score (nSPS) is 11.6. The van der Waals surface area contributed by atoms with E-state index in [1.54, 1.807) is 12.1 Å². The highest BCUT2D eigenvalue weighted by atomic mass is 32.2. The van der Waals surface area contributed by atoms with Crippen molar-refractivity contribution in [3.8, 4) is 0 Å². The van der Waals surface area contributed by atoms with Crippen molar-refractivity contribution in [2.24, 2.45) is 0 Å². The molecule has 0 atom stereocenters. The first-order valence-corrected chi connectivity index (χ1v) is 13.2. The lowest BCUT2D eigenvalue weighted by Gasteiger charge is -2.11. The maximum Gasteiger partial charge on any atom is 0.261 e. The lowest BCUT2D eigenvalue weighted by Crippen LogP contribution is -2.30. The van der Waals surface area contributed by atoms with Gasteiger partial charge in [-0.3, -0.25) is 14.3 Å². The molecule has 0 aliphatic carbocycles. The highest BCUT2D eigenvalue weighted by Crippen LogP contribution is 2.22. The van der Waals surface area contributed by atoms with Gasteiger partial charge in [0.2, 0.25) is 5.43 Å². The Morgan fingerprint density at radius 2 is 1.75 bits per heavy atom. The first-order chi connectivity index (χ1) is 17.1. The van der Waals surface area contributed by atoms with E-state index in [1.807, 2.05) is 43.3 Å². The van der Waals surface area contributed by atoms with Crippen molar-refractivity contribution in [3.63, 3.8) is 0 Å². The number of anilines is 1. The van der Waals surface area contributed by atoms with Gasteiger partial charge in [-0.2, -0.15) is 0 Å². The van der Waals surface area contributed by atoms with Gasteiger partial charge in [-0.1, -0.05) is 55.8 Å². The molecule has 4 rings (SSSR count). The number of hydrogen-bond acceptors (Lipinski definition) is 4. The Kier molecular flexibility index (Phi) is 7.26. The van der Waals surface area contributed by atoms with Crippen molar-refractivity contribution in [2.45, 2.75) is 38.0 Å². The Morgan fingerprint density at radius 3 is 2.44 bits per heavy atom. The first kappa shape index (κ1) is 25.2. The minimum atomic E-state index is -3.94. The number of fused-ring (bicyclic) bond motifs is 1. The number of nitrogens with one attached hydrogen (secondary N) is 3. The van der Waals surface area contributed by atoms with Crippen LogP contribution in [-0.2, 0) is 16.4 Å². The fraction of sp³-hybridized carbons (Fsp3) is 0.214. The Morgan fingerprint density at radius 1 is 1.00 bits per heavy atom. The summed E-state index contributed by atoms with van der Waals surface area (Å²) in [6.45, 7) is 6.49. The van der Waals surface area contributed by atoms with Crippen LogP contribution in [-0.4, -0.2) is 25.9 Å². The number of aromatic nitrogens is 1. The molecular formula is C28H29N3O4S. The highest BCUT2D eigenvalue weighted by molar-refractivity contribution is 7.92. The second kappa shape index (κ2) is 10.4. The summed E-state index contributed by atoms with van der Waals surface area (Å²) in [4.78, 5) is 28.7. The van der Waals surface area contributed by atoms with E-state index in [9.17, 15) is 18.0 Å². The van der Waals surface area contributed by atoms with Crippen LogP contribution in [0.15, 0.2) is 82.6 Å². The zero-order valence-corrected chi connectivity index (χ0v) is 21.3. The molecule has 0 spiro atoms. The standard InChI is InChI=1S/C28H29N3O4S/c1-18(2)21-7-9-22(10-8-21)31-36(34,35)23-11-12-26-24(16-23)27(32)25(17-30-26)28(33)29-14-13-20-6-4-5-19(3)15-20/h4-12,15-18,31H,13-14H2,1-3H3,(H,29,33)(H,30,32). The predicted molar refractivity (Wildman–Crippen MR) is 143 cm³/mol. The number of H-pyrrole nitrogens is 1. The Labute approximate surface area is 210 Å². The summed E-state index contributed by atoms with van der Waals surface area (Å²) < 4.78 is 28.5. The third kappa shape index (κ3) is 5.66. The molecule has 1 aromatic heterocycles. The fourth-order valence-corrected chi connectivity index (χ4v) is 5.05. The van der Waals surface area contributed by atoms with Crippen molar-refractivity contribution >= 4 is 32.5 Å². The molecule has 7 nitrogen and oxygen atoms in total. The molecule has 0 unspecified atom stereocenters. The molecule has 0 saturated heterocycles. The monoisotopic (exact) mass is 503 g/mol. The van der Waals surface area contributed by atoms with Gasteiger partial charge in [0.1, 0.15) is 5.56 Å². The van der Waals surface area contributed by atoms with E-state index in [-0.39, 0.29) is 15.8 Å². The van der Waals surface area contributed by atoms with Gasteiger partial charge >= 0.3 is 0 Å². The van der Waals surface area contributed by atoms with Crippen LogP contribution in [0.2, 0.25) is 0 Å². The number of pyridine rings is 1. The van der Waals surface area contributed by atoms with Gasteiger partial charge in [0, 0.05) is 29.3 Å². The van der Waals surface area contributed by atoms with Gasteiger partial charge < -0.3 is 10.3 Å². The van der Waals surface area contributed by atoms with E-state index in [0.717, 1.165) is 16.7 Å². The van der Waals surface area contributed by atoms with Gasteiger partial charge in [0.15, 0.2) is 0 Å². The molecule has 1 amide bonds. The molecule has 8 heteroatoms. The second-order valence-corrected chi connectivity index (χ2v) is 10.8. The summed E-state index contributed by atoms with van der Waals surface area (Å²) in [5.74, 6) is -0.181. The molecule has 0 aliphatic rings. The highest BCUT2D eigenvalue weighted by Gasteiger charge is 2.18. The molecule has 0 fully saturated rings. The van der Waals surface area contributed by atoms with E-state index in [4.69, 9.17) is 0 Å². The van der Waals surface area contributed by atoms with E-state index in [1.165, 1.54) is 24.4 Å². The number of hydrogen-bond donors (Lipinski definition) is 3. The van der Waals surface area contributed by atoms with Crippen LogP contribution >= 0.6 is 0 Å². The van der Waals surface area contributed by atoms with Gasteiger partial charge in [0.25, 0.3) is 15.9 Å². The summed E-state index contributed by atoms with van der Waals surface area (Å²) in [5.41, 5.74) is 3.58. The number of amides is 1. The summed E-state index contributed by atoms with van der Waals surface area (Å²) >= 11 is 0. The zero-order valence-electron chi connectivity index (χ0n) is 20.5. The van der Waals surface area contributed by atoms with Gasteiger partial charge in [0.05, 0.1) is 4.90 Å². The smallest absolute Gasteiger partial charge is 0.261 e. The van der Waals surface area contributed by atoms with Crippen molar-refractivity contribution in [2.75, 3.05) is 11.3 Å². The lowest BCUT2D eigenvalue weighted by molar-refractivity contribution is 0.0953. The molecule has 3 N–H and O–H groups in total. The zero-order chi connectivity index (χ0) is 25.9. The quantitative estimate of drug-likeness (QED) is 0.323. The number of benzene rings is 3. The molecule has 0 aliphatic heterocycles. The molecule has 186 valence electrons. The van der Waals surface area contributed by atoms with Crippen molar-refractivity contribution < 1.29 is 13.2 Å². The summed E-state index contributed by atoms with van der Waals surface area (Å²) in [6, 6.07) is 19.4. The summed E-state index contributed by atoms with van der Waals surface area (Å²) in [7, 11) is -3.94. The lowest BCUT2D eigenvalue weighted by atomic mass is 10.0. The van der Waals surface area contributed by atoms with E-state index >= 15 is 0 Å². The van der Waals surface area contributed by atoms with Gasteiger partial charge in [-0.15, -0.1) is 0 Å². The Bertz CT molecular complexity index is 1570. The topological polar surface area (TPSA) is 108 Å². The van der Waals surface area contributed by atoms with E-state index < -0.39 is 21.4 Å². The number of carbonyl (C=O) groups is 1. The second-order valence-electron chi connectivity index (χ2n) is 9.12. The molecule has 36 heavy (non-hydrogen) atoms. The van der Waals surface area contributed by atoms with Crippen LogP contribution in [0.25, 0.3) is 10.9 Å². The molecule has 0 bridgehead atoms.